The van der Waals surface area contributed by atoms with E-state index < -0.39 is 5.82 Å². The number of para-hydroxylation sites is 1. The third kappa shape index (κ3) is 5.86. The monoisotopic (exact) mass is 522 g/mol. The Kier molecular flexibility index (Phi) is 7.86. The van der Waals surface area contributed by atoms with Gasteiger partial charge in [0, 0.05) is 30.1 Å². The molecule has 3 heterocycles. The average Bonchev–Trinajstić information content (AvgIpc) is 3.60. The number of carbonyl (C=O) groups is 2. The highest BCUT2D eigenvalue weighted by molar-refractivity contribution is 7.10. The van der Waals surface area contributed by atoms with Crippen LogP contribution >= 0.6 is 11.3 Å². The van der Waals surface area contributed by atoms with Gasteiger partial charge in [0.15, 0.2) is 11.6 Å². The Morgan fingerprint density at radius 3 is 2.73 bits per heavy atom. The van der Waals surface area contributed by atoms with Gasteiger partial charge >= 0.3 is 0 Å². The Labute approximate surface area is 220 Å². The Morgan fingerprint density at radius 2 is 1.97 bits per heavy atom. The lowest BCUT2D eigenvalue weighted by Crippen LogP contribution is -2.49. The summed E-state index contributed by atoms with van der Waals surface area (Å²) < 4.78 is 25.9. The molecule has 2 amide bonds. The van der Waals surface area contributed by atoms with Gasteiger partial charge in [0.2, 0.25) is 5.91 Å². The van der Waals surface area contributed by atoms with E-state index in [4.69, 9.17) is 9.47 Å². The molecule has 5 rings (SSSR count). The number of hydrogen-bond acceptors (Lipinski definition) is 5. The summed E-state index contributed by atoms with van der Waals surface area (Å²) in [6.45, 7) is 3.61. The number of fused-ring (bicyclic) bond motifs is 1. The highest BCUT2D eigenvalue weighted by Gasteiger charge is 2.34. The minimum absolute atomic E-state index is 0.0533. The molecule has 37 heavy (non-hydrogen) atoms. The van der Waals surface area contributed by atoms with Crippen molar-refractivity contribution >= 4 is 23.2 Å². The summed E-state index contributed by atoms with van der Waals surface area (Å²) in [4.78, 5) is 31.8. The van der Waals surface area contributed by atoms with Gasteiger partial charge in [-0.2, -0.15) is 0 Å². The van der Waals surface area contributed by atoms with E-state index in [2.05, 4.69) is 0 Å². The molecule has 1 saturated heterocycles. The summed E-state index contributed by atoms with van der Waals surface area (Å²) in [7, 11) is 0. The molecule has 2 aliphatic heterocycles. The molecule has 8 heteroatoms. The van der Waals surface area contributed by atoms with Gasteiger partial charge in [-0.3, -0.25) is 9.59 Å². The molecule has 1 fully saturated rings. The largest absolute Gasteiger partial charge is 0.488 e. The number of amides is 2. The summed E-state index contributed by atoms with van der Waals surface area (Å²) in [5, 5.41) is 2.01. The van der Waals surface area contributed by atoms with E-state index in [9.17, 15) is 14.0 Å². The molecule has 0 aliphatic carbocycles. The van der Waals surface area contributed by atoms with E-state index in [0.717, 1.165) is 30.4 Å². The highest BCUT2D eigenvalue weighted by Crippen LogP contribution is 2.34. The molecular weight excluding hydrogens is 491 g/mol. The Morgan fingerprint density at radius 1 is 1.16 bits per heavy atom. The third-order valence-electron chi connectivity index (χ3n) is 7.01. The molecule has 0 saturated carbocycles. The van der Waals surface area contributed by atoms with Crippen LogP contribution in [0.4, 0.5) is 4.39 Å². The molecule has 2 aromatic carbocycles. The van der Waals surface area contributed by atoms with Crippen LogP contribution in [0.1, 0.15) is 45.2 Å². The number of carbonyl (C=O) groups excluding carboxylic acids is 2. The molecule has 0 radical (unpaired) electrons. The van der Waals surface area contributed by atoms with Gasteiger partial charge in [0.25, 0.3) is 5.91 Å². The zero-order valence-electron chi connectivity index (χ0n) is 20.9. The van der Waals surface area contributed by atoms with E-state index in [-0.39, 0.29) is 42.9 Å². The lowest BCUT2D eigenvalue weighted by atomic mass is 10.00. The van der Waals surface area contributed by atoms with Crippen molar-refractivity contribution in [1.82, 2.24) is 9.80 Å². The number of rotatable bonds is 8. The minimum atomic E-state index is -0.437. The van der Waals surface area contributed by atoms with Crippen LogP contribution in [0.15, 0.2) is 60.0 Å². The number of halogens is 1. The van der Waals surface area contributed by atoms with Crippen molar-refractivity contribution in [2.24, 2.45) is 0 Å². The maximum atomic E-state index is 14.2. The van der Waals surface area contributed by atoms with Crippen molar-refractivity contribution in [1.29, 1.82) is 0 Å². The number of ether oxygens (including phenoxy) is 2. The lowest BCUT2D eigenvalue weighted by Gasteiger charge is -2.37. The Hall–Kier alpha value is -3.23. The van der Waals surface area contributed by atoms with Crippen LogP contribution in [0.3, 0.4) is 0 Å². The SMILES string of the molecule is Cc1ccc(C(=O)N(CC(=O)N2CCc3sccc3[C@H]2COc2ccccc2F)C[C@H]2CCCO2)cc1. The fourth-order valence-corrected chi connectivity index (χ4v) is 5.92. The van der Waals surface area contributed by atoms with Crippen molar-refractivity contribution in [3.05, 3.63) is 87.4 Å². The molecule has 0 unspecified atom stereocenters. The third-order valence-corrected chi connectivity index (χ3v) is 8.00. The number of hydrogen-bond donors (Lipinski definition) is 0. The maximum Gasteiger partial charge on any atom is 0.254 e. The molecule has 0 spiro atoms. The Balaban J connectivity index is 1.36. The second-order valence-corrected chi connectivity index (χ2v) is 10.6. The number of thiophene rings is 1. The van der Waals surface area contributed by atoms with Crippen molar-refractivity contribution in [3.8, 4) is 5.75 Å². The molecule has 3 aromatic rings. The van der Waals surface area contributed by atoms with Gasteiger partial charge in [-0.25, -0.2) is 4.39 Å². The number of aryl methyl sites for hydroxylation is 1. The smallest absolute Gasteiger partial charge is 0.254 e. The molecule has 0 bridgehead atoms. The molecule has 2 atom stereocenters. The van der Waals surface area contributed by atoms with Crippen molar-refractivity contribution in [3.63, 3.8) is 0 Å². The quantitative estimate of drug-likeness (QED) is 0.417. The topological polar surface area (TPSA) is 59.1 Å². The van der Waals surface area contributed by atoms with Crippen molar-refractivity contribution in [2.75, 3.05) is 32.8 Å². The van der Waals surface area contributed by atoms with Gasteiger partial charge in [-0.05, 0) is 67.5 Å². The first-order valence-corrected chi connectivity index (χ1v) is 13.6. The summed E-state index contributed by atoms with van der Waals surface area (Å²) in [6.07, 6.45) is 2.49. The van der Waals surface area contributed by atoms with E-state index in [1.807, 2.05) is 30.5 Å². The zero-order valence-corrected chi connectivity index (χ0v) is 21.7. The highest BCUT2D eigenvalue weighted by atomic mass is 32.1. The minimum Gasteiger partial charge on any atom is -0.488 e. The van der Waals surface area contributed by atoms with E-state index >= 15 is 0 Å². The van der Waals surface area contributed by atoms with E-state index in [0.29, 0.717) is 25.3 Å². The van der Waals surface area contributed by atoms with E-state index in [1.165, 1.54) is 10.9 Å². The fourth-order valence-electron chi connectivity index (χ4n) is 4.99. The van der Waals surface area contributed by atoms with Crippen LogP contribution in [0.2, 0.25) is 0 Å². The number of nitrogens with zero attached hydrogens (tertiary/aromatic N) is 2. The first-order chi connectivity index (χ1) is 18.0. The number of benzene rings is 2. The van der Waals surface area contributed by atoms with Crippen molar-refractivity contribution in [2.45, 2.75) is 38.3 Å². The zero-order chi connectivity index (χ0) is 25.8. The molecule has 2 aliphatic rings. The lowest BCUT2D eigenvalue weighted by molar-refractivity contribution is -0.135. The van der Waals surface area contributed by atoms with Crippen LogP contribution in [-0.4, -0.2) is 60.6 Å². The van der Waals surface area contributed by atoms with Crippen LogP contribution in [0.25, 0.3) is 0 Å². The fraction of sp³-hybridized carbons (Fsp3) is 0.379. The first kappa shape index (κ1) is 25.4. The van der Waals surface area contributed by atoms with Gasteiger partial charge in [-0.15, -0.1) is 11.3 Å². The van der Waals surface area contributed by atoms with Crippen LogP contribution in [0.5, 0.6) is 5.75 Å². The van der Waals surface area contributed by atoms with Gasteiger partial charge in [0.05, 0.1) is 12.1 Å². The van der Waals surface area contributed by atoms with Crippen LogP contribution in [0, 0.1) is 12.7 Å². The summed E-state index contributed by atoms with van der Waals surface area (Å²) in [6, 6.07) is 15.3. The summed E-state index contributed by atoms with van der Waals surface area (Å²) in [5.41, 5.74) is 2.64. The predicted molar refractivity (Wildman–Crippen MR) is 140 cm³/mol. The second-order valence-electron chi connectivity index (χ2n) is 9.58. The summed E-state index contributed by atoms with van der Waals surface area (Å²) in [5.74, 6) is -0.617. The normalized spacial score (nSPS) is 18.9. The van der Waals surface area contributed by atoms with Crippen LogP contribution < -0.4 is 4.74 Å². The van der Waals surface area contributed by atoms with Gasteiger partial charge < -0.3 is 19.3 Å². The average molecular weight is 523 g/mol. The molecular formula is C29H31FN2O4S. The second kappa shape index (κ2) is 11.4. The molecule has 0 N–H and O–H groups in total. The van der Waals surface area contributed by atoms with Gasteiger partial charge in [0.1, 0.15) is 13.2 Å². The molecule has 1 aromatic heterocycles. The molecule has 6 nitrogen and oxygen atoms in total. The Bertz CT molecular complexity index is 1240. The van der Waals surface area contributed by atoms with Crippen molar-refractivity contribution < 1.29 is 23.5 Å². The standard InChI is InChI=1S/C29H31FN2O4S/c1-20-8-10-21(11-9-20)29(34)31(17-22-5-4-15-35-22)18-28(33)32-14-12-27-23(13-16-37-27)25(32)19-36-26-7-3-2-6-24(26)30/h2-3,6-11,13,16,22,25H,4-5,12,14-15,17-19H2,1H3/t22-,25-/m1/s1. The van der Waals surface area contributed by atoms with Crippen LogP contribution in [-0.2, 0) is 16.0 Å². The maximum absolute atomic E-state index is 14.2. The van der Waals surface area contributed by atoms with Gasteiger partial charge in [-0.1, -0.05) is 29.8 Å². The van der Waals surface area contributed by atoms with E-state index in [1.54, 1.807) is 51.5 Å². The predicted octanol–water partition coefficient (Wildman–Crippen LogP) is 5.02. The first-order valence-electron chi connectivity index (χ1n) is 12.7. The summed E-state index contributed by atoms with van der Waals surface area (Å²) >= 11 is 1.66. The molecule has 194 valence electrons.